The van der Waals surface area contributed by atoms with Gasteiger partial charge >= 0.3 is 0 Å². The van der Waals surface area contributed by atoms with Gasteiger partial charge in [-0.2, -0.15) is 0 Å². The Morgan fingerprint density at radius 1 is 1.19 bits per heavy atom. The van der Waals surface area contributed by atoms with Crippen LogP contribution < -0.4 is 5.32 Å². The zero-order valence-electron chi connectivity index (χ0n) is 22.1. The molecular weight excluding hydrogens is 449 g/mol. The Bertz CT molecular complexity index is 1180. The first-order valence-corrected chi connectivity index (χ1v) is 12.6. The number of aryl methyl sites for hydroxylation is 1. The maximum atomic E-state index is 13.0. The average Bonchev–Trinajstić information content (AvgIpc) is 3.33. The predicted molar refractivity (Wildman–Crippen MR) is 147 cm³/mol. The Balaban J connectivity index is 1.61. The Hall–Kier alpha value is -3.47. The molecule has 1 aliphatic carbocycles. The molecule has 5 heteroatoms. The van der Waals surface area contributed by atoms with E-state index in [4.69, 9.17) is 0 Å². The van der Waals surface area contributed by atoms with Gasteiger partial charge in [0.05, 0.1) is 6.33 Å². The number of allylic oxidation sites excluding steroid dienone is 9. The molecule has 0 radical (unpaired) electrons. The minimum atomic E-state index is -0.331. The van der Waals surface area contributed by atoms with E-state index in [-0.39, 0.29) is 17.1 Å². The van der Waals surface area contributed by atoms with Gasteiger partial charge in [0.1, 0.15) is 5.82 Å². The third-order valence-electron chi connectivity index (χ3n) is 6.88. The highest BCUT2D eigenvalue weighted by molar-refractivity contribution is 5.99. The molecule has 0 bridgehead atoms. The molecule has 1 aromatic carbocycles. The van der Waals surface area contributed by atoms with Gasteiger partial charge in [0, 0.05) is 30.7 Å². The lowest BCUT2D eigenvalue weighted by Gasteiger charge is -2.37. The molecule has 2 aromatic rings. The number of rotatable bonds is 9. The second-order valence-corrected chi connectivity index (χ2v) is 10.3. The Morgan fingerprint density at radius 2 is 1.94 bits per heavy atom. The largest absolute Gasteiger partial charge is 0.337 e. The molecular formula is C31H38FN3O. The van der Waals surface area contributed by atoms with E-state index in [2.05, 4.69) is 54.7 Å². The van der Waals surface area contributed by atoms with Crippen molar-refractivity contribution in [3.63, 3.8) is 0 Å². The number of aromatic nitrogens is 2. The maximum absolute atomic E-state index is 13.0. The molecule has 1 aliphatic rings. The molecule has 0 saturated heterocycles. The molecule has 1 unspecified atom stereocenters. The van der Waals surface area contributed by atoms with Crippen molar-refractivity contribution >= 4 is 11.6 Å². The van der Waals surface area contributed by atoms with E-state index in [0.29, 0.717) is 11.6 Å². The van der Waals surface area contributed by atoms with Crippen molar-refractivity contribution < 1.29 is 9.18 Å². The summed E-state index contributed by atoms with van der Waals surface area (Å²) < 4.78 is 15.2. The number of carbonyl (C=O) groups excluding carboxylic acids is 1. The summed E-state index contributed by atoms with van der Waals surface area (Å²) in [5, 5.41) is 2.74. The summed E-state index contributed by atoms with van der Waals surface area (Å²) in [7, 11) is 0. The van der Waals surface area contributed by atoms with E-state index >= 15 is 0 Å². The normalized spacial score (nSPS) is 18.9. The van der Waals surface area contributed by atoms with Gasteiger partial charge in [-0.3, -0.25) is 4.79 Å². The second-order valence-electron chi connectivity index (χ2n) is 10.3. The lowest BCUT2D eigenvalue weighted by molar-refractivity contribution is -0.111. The number of carbonyl (C=O) groups is 1. The van der Waals surface area contributed by atoms with Crippen LogP contribution in [-0.2, 0) is 11.3 Å². The monoisotopic (exact) mass is 487 g/mol. The Labute approximate surface area is 215 Å². The van der Waals surface area contributed by atoms with Crippen molar-refractivity contribution in [2.75, 3.05) is 5.32 Å². The summed E-state index contributed by atoms with van der Waals surface area (Å²) in [6.45, 7) is 11.9. The number of hydrogen-bond acceptors (Lipinski definition) is 2. The minimum absolute atomic E-state index is 0.166. The molecule has 1 aromatic heterocycles. The van der Waals surface area contributed by atoms with Gasteiger partial charge < -0.3 is 9.88 Å². The van der Waals surface area contributed by atoms with Crippen LogP contribution in [-0.4, -0.2) is 15.5 Å². The predicted octanol–water partition coefficient (Wildman–Crippen LogP) is 7.81. The molecule has 0 saturated carbocycles. The van der Waals surface area contributed by atoms with E-state index < -0.39 is 0 Å². The summed E-state index contributed by atoms with van der Waals surface area (Å²) in [5.74, 6) is 0.0229. The fourth-order valence-corrected chi connectivity index (χ4v) is 4.67. The van der Waals surface area contributed by atoms with Crippen LogP contribution in [0.25, 0.3) is 0 Å². The molecule has 4 nitrogen and oxygen atoms in total. The summed E-state index contributed by atoms with van der Waals surface area (Å²) in [6.07, 6.45) is 21.2. The van der Waals surface area contributed by atoms with Crippen LogP contribution in [0.15, 0.2) is 102 Å². The van der Waals surface area contributed by atoms with Crippen molar-refractivity contribution in [1.82, 2.24) is 9.55 Å². The van der Waals surface area contributed by atoms with E-state index in [1.807, 2.05) is 43.9 Å². The first kappa shape index (κ1) is 27.1. The summed E-state index contributed by atoms with van der Waals surface area (Å²) in [4.78, 5) is 16.3. The smallest absolute Gasteiger partial charge is 0.248 e. The summed E-state index contributed by atoms with van der Waals surface area (Å²) in [6, 6.07) is 5.72. The second kappa shape index (κ2) is 12.5. The number of imidazole rings is 1. The van der Waals surface area contributed by atoms with Gasteiger partial charge in [0.15, 0.2) is 0 Å². The first-order chi connectivity index (χ1) is 17.1. The van der Waals surface area contributed by atoms with Crippen LogP contribution in [0.3, 0.4) is 0 Å². The van der Waals surface area contributed by atoms with E-state index in [9.17, 15) is 9.18 Å². The van der Waals surface area contributed by atoms with Gasteiger partial charge in [0.2, 0.25) is 5.91 Å². The van der Waals surface area contributed by atoms with Gasteiger partial charge in [-0.15, -0.1) is 0 Å². The molecule has 1 amide bonds. The van der Waals surface area contributed by atoms with E-state index in [1.54, 1.807) is 0 Å². The summed E-state index contributed by atoms with van der Waals surface area (Å²) >= 11 is 0. The quantitative estimate of drug-likeness (QED) is 0.290. The van der Waals surface area contributed by atoms with Crippen molar-refractivity contribution in [3.05, 3.63) is 108 Å². The molecule has 190 valence electrons. The van der Waals surface area contributed by atoms with Crippen molar-refractivity contribution in [2.24, 2.45) is 11.3 Å². The number of hydrogen-bond donors (Lipinski definition) is 1. The molecule has 1 heterocycles. The molecule has 1 N–H and O–H groups in total. The van der Waals surface area contributed by atoms with Gasteiger partial charge in [-0.05, 0) is 86.8 Å². The molecule has 1 atom stereocenters. The number of benzene rings is 1. The average molecular weight is 488 g/mol. The van der Waals surface area contributed by atoms with Crippen LogP contribution in [0.5, 0.6) is 0 Å². The van der Waals surface area contributed by atoms with Gasteiger partial charge in [-0.1, -0.05) is 55.4 Å². The molecule has 3 rings (SSSR count). The minimum Gasteiger partial charge on any atom is -0.337 e. The van der Waals surface area contributed by atoms with E-state index in [1.165, 1.54) is 54.3 Å². The number of nitrogens with one attached hydrogen (secondary N) is 1. The highest BCUT2D eigenvalue weighted by Gasteiger charge is 2.31. The van der Waals surface area contributed by atoms with Crippen molar-refractivity contribution in [3.8, 4) is 0 Å². The molecule has 0 spiro atoms. The fourth-order valence-electron chi connectivity index (χ4n) is 4.67. The standard InChI is InChI=1S/C31H38FN3O/c1-23(7-6-8-24(2)21-30(36)34-28-12-10-27(32)11-13-28)9-14-29-25(3)26(15-17-31(29,4)5)16-19-35-20-18-33-22-35/h6-14,18,20-22,26H,15-17,19H2,1-5H3,(H,34,36). The highest BCUT2D eigenvalue weighted by Crippen LogP contribution is 2.44. The maximum Gasteiger partial charge on any atom is 0.248 e. The SMILES string of the molecule is CC(C=CC1=C(C)C(CCn2ccnc2)CCC1(C)C)=CC=CC(C)=CC(=O)Nc1ccc(F)cc1. The van der Waals surface area contributed by atoms with Crippen LogP contribution in [0, 0.1) is 17.2 Å². The molecule has 0 fully saturated rings. The topological polar surface area (TPSA) is 46.9 Å². The molecule has 0 aliphatic heterocycles. The highest BCUT2D eigenvalue weighted by atomic mass is 19.1. The lowest BCUT2D eigenvalue weighted by atomic mass is 9.68. The van der Waals surface area contributed by atoms with Crippen molar-refractivity contribution in [1.29, 1.82) is 0 Å². The number of anilines is 1. The summed E-state index contributed by atoms with van der Waals surface area (Å²) in [5.41, 5.74) is 5.64. The van der Waals surface area contributed by atoms with Crippen molar-refractivity contribution in [2.45, 2.75) is 60.4 Å². The van der Waals surface area contributed by atoms with E-state index in [0.717, 1.165) is 24.1 Å². The lowest BCUT2D eigenvalue weighted by Crippen LogP contribution is -2.25. The Kier molecular flexibility index (Phi) is 9.40. The number of halogens is 1. The third-order valence-corrected chi connectivity index (χ3v) is 6.88. The first-order valence-electron chi connectivity index (χ1n) is 12.6. The van der Waals surface area contributed by atoms with Crippen LogP contribution in [0.4, 0.5) is 10.1 Å². The van der Waals surface area contributed by atoms with Gasteiger partial charge in [0.25, 0.3) is 0 Å². The van der Waals surface area contributed by atoms with Crippen LogP contribution in [0.1, 0.15) is 53.9 Å². The Morgan fingerprint density at radius 3 is 2.64 bits per heavy atom. The van der Waals surface area contributed by atoms with Crippen LogP contribution >= 0.6 is 0 Å². The van der Waals surface area contributed by atoms with Crippen LogP contribution in [0.2, 0.25) is 0 Å². The number of nitrogens with zero attached hydrogens (tertiary/aromatic N) is 2. The number of amides is 1. The fraction of sp³-hybridized carbons (Fsp3) is 0.355. The van der Waals surface area contributed by atoms with Gasteiger partial charge in [-0.25, -0.2) is 9.37 Å². The zero-order chi connectivity index (χ0) is 26.1. The third kappa shape index (κ3) is 8.04. The molecule has 36 heavy (non-hydrogen) atoms. The zero-order valence-corrected chi connectivity index (χ0v) is 22.1.